The molecule has 0 fully saturated rings. The molecule has 1 aromatic carbocycles. The van der Waals surface area contributed by atoms with E-state index in [2.05, 4.69) is 35.9 Å². The molecule has 154 valence electrons. The highest BCUT2D eigenvalue weighted by Gasteiger charge is 2.09. The van der Waals surface area contributed by atoms with Crippen molar-refractivity contribution in [3.05, 3.63) is 76.3 Å². The number of nitrogens with zero attached hydrogens (tertiary/aromatic N) is 4. The van der Waals surface area contributed by atoms with Gasteiger partial charge in [-0.05, 0) is 62.3 Å². The van der Waals surface area contributed by atoms with Gasteiger partial charge < -0.3 is 10.6 Å². The zero-order valence-electron chi connectivity index (χ0n) is 16.9. The number of pyridine rings is 1. The molecule has 0 saturated carbocycles. The maximum Gasteiger partial charge on any atom is 0.229 e. The molecule has 2 aromatic heterocycles. The quantitative estimate of drug-likeness (QED) is 0.315. The van der Waals surface area contributed by atoms with E-state index in [1.807, 2.05) is 57.2 Å². The van der Waals surface area contributed by atoms with Crippen LogP contribution in [0.3, 0.4) is 0 Å². The fourth-order valence-corrected chi connectivity index (χ4v) is 3.04. The predicted octanol–water partition coefficient (Wildman–Crippen LogP) is 4.40. The summed E-state index contributed by atoms with van der Waals surface area (Å²) in [5.74, 6) is 0.839. The highest BCUT2D eigenvalue weighted by atomic mass is 35.5. The molecule has 3 rings (SSSR count). The van der Waals surface area contributed by atoms with Crippen LogP contribution in [0.2, 0.25) is 5.02 Å². The van der Waals surface area contributed by atoms with Gasteiger partial charge in [-0.2, -0.15) is 0 Å². The van der Waals surface area contributed by atoms with Crippen molar-refractivity contribution in [2.24, 2.45) is 4.99 Å². The number of thiocarbonyl (C=S) groups is 1. The van der Waals surface area contributed by atoms with Gasteiger partial charge >= 0.3 is 0 Å². The third kappa shape index (κ3) is 6.20. The summed E-state index contributed by atoms with van der Waals surface area (Å²) in [4.78, 5) is 17.5. The maximum absolute atomic E-state index is 6.36. The second-order valence-corrected chi connectivity index (χ2v) is 7.43. The van der Waals surface area contributed by atoms with Crippen molar-refractivity contribution in [3.63, 3.8) is 0 Å². The zero-order chi connectivity index (χ0) is 21.5. The van der Waals surface area contributed by atoms with E-state index in [9.17, 15) is 0 Å². The van der Waals surface area contributed by atoms with Gasteiger partial charge in [0.05, 0.1) is 17.3 Å². The summed E-state index contributed by atoms with van der Waals surface area (Å²) in [6.45, 7) is 6.16. The molecule has 30 heavy (non-hydrogen) atoms. The molecular weight excluding hydrogens is 418 g/mol. The van der Waals surface area contributed by atoms with Crippen molar-refractivity contribution in [3.8, 4) is 0 Å². The Kier molecular flexibility index (Phi) is 7.26. The van der Waals surface area contributed by atoms with Crippen molar-refractivity contribution in [1.82, 2.24) is 20.3 Å². The van der Waals surface area contributed by atoms with Crippen LogP contribution in [0.1, 0.15) is 22.5 Å². The molecule has 0 spiro atoms. The summed E-state index contributed by atoms with van der Waals surface area (Å²) >= 11 is 11.8. The minimum Gasteiger partial charge on any atom is -0.331 e. The summed E-state index contributed by atoms with van der Waals surface area (Å²) in [5.41, 5.74) is 4.33. The number of halogens is 1. The van der Waals surface area contributed by atoms with Crippen LogP contribution in [0.15, 0.2) is 53.8 Å². The summed E-state index contributed by atoms with van der Waals surface area (Å²) in [6.07, 6.45) is 3.48. The predicted molar refractivity (Wildman–Crippen MR) is 126 cm³/mol. The molecule has 2 heterocycles. The van der Waals surface area contributed by atoms with Gasteiger partial charge in [-0.1, -0.05) is 29.8 Å². The molecule has 0 atom stereocenters. The first-order valence-electron chi connectivity index (χ1n) is 9.26. The number of rotatable bonds is 4. The first-order chi connectivity index (χ1) is 14.4. The Morgan fingerprint density at radius 1 is 1.07 bits per heavy atom. The second kappa shape index (κ2) is 10.1. The van der Waals surface area contributed by atoms with Crippen LogP contribution in [-0.4, -0.2) is 26.0 Å². The number of aromatic nitrogens is 3. The lowest BCUT2D eigenvalue weighted by atomic mass is 10.2. The van der Waals surface area contributed by atoms with Crippen molar-refractivity contribution >= 4 is 46.5 Å². The smallest absolute Gasteiger partial charge is 0.229 e. The molecule has 0 radical (unpaired) electrons. The van der Waals surface area contributed by atoms with E-state index in [0.29, 0.717) is 34.3 Å². The van der Waals surface area contributed by atoms with Gasteiger partial charge in [-0.3, -0.25) is 10.3 Å². The lowest BCUT2D eigenvalue weighted by Crippen LogP contribution is -2.39. The molecule has 7 nitrogen and oxygen atoms in total. The van der Waals surface area contributed by atoms with Crippen LogP contribution in [-0.2, 0) is 6.54 Å². The van der Waals surface area contributed by atoms with Gasteiger partial charge in [0.25, 0.3) is 0 Å². The van der Waals surface area contributed by atoms with E-state index in [1.165, 1.54) is 0 Å². The third-order valence-electron chi connectivity index (χ3n) is 4.03. The molecule has 0 aliphatic rings. The Hall–Kier alpha value is -3.10. The van der Waals surface area contributed by atoms with Crippen molar-refractivity contribution in [1.29, 1.82) is 0 Å². The van der Waals surface area contributed by atoms with E-state index in [1.54, 1.807) is 12.4 Å². The van der Waals surface area contributed by atoms with Crippen molar-refractivity contribution in [2.75, 3.05) is 10.6 Å². The maximum atomic E-state index is 6.36. The van der Waals surface area contributed by atoms with Crippen LogP contribution in [0.4, 0.5) is 11.6 Å². The molecule has 0 saturated heterocycles. The van der Waals surface area contributed by atoms with E-state index < -0.39 is 0 Å². The molecular formula is C21H22ClN7S. The molecule has 0 amide bonds. The fourth-order valence-electron chi connectivity index (χ4n) is 2.67. The van der Waals surface area contributed by atoms with Gasteiger partial charge in [-0.15, -0.1) is 0 Å². The van der Waals surface area contributed by atoms with Gasteiger partial charge in [0, 0.05) is 23.8 Å². The van der Waals surface area contributed by atoms with Crippen molar-refractivity contribution < 1.29 is 0 Å². The topological polar surface area (TPSA) is 87.1 Å². The van der Waals surface area contributed by atoms with Gasteiger partial charge in [-0.25, -0.2) is 15.0 Å². The average Bonchev–Trinajstić information content (AvgIpc) is 2.70. The number of hydrogen-bond donors (Lipinski definition) is 3. The molecule has 0 aliphatic heterocycles. The van der Waals surface area contributed by atoms with E-state index in [0.717, 1.165) is 22.5 Å². The van der Waals surface area contributed by atoms with Gasteiger partial charge in [0.1, 0.15) is 0 Å². The second-order valence-electron chi connectivity index (χ2n) is 6.64. The number of anilines is 2. The Morgan fingerprint density at radius 3 is 2.53 bits per heavy atom. The monoisotopic (exact) mass is 439 g/mol. The highest BCUT2D eigenvalue weighted by molar-refractivity contribution is 7.80. The molecule has 0 aliphatic carbocycles. The van der Waals surface area contributed by atoms with Crippen molar-refractivity contribution in [2.45, 2.75) is 27.3 Å². The molecule has 0 unspecified atom stereocenters. The summed E-state index contributed by atoms with van der Waals surface area (Å²) in [6, 6.07) is 11.4. The van der Waals surface area contributed by atoms with Crippen LogP contribution < -0.4 is 16.0 Å². The largest absolute Gasteiger partial charge is 0.331 e. The van der Waals surface area contributed by atoms with Crippen LogP contribution in [0.5, 0.6) is 0 Å². The number of nitrogens with one attached hydrogen (secondary N) is 3. The van der Waals surface area contributed by atoms with E-state index in [4.69, 9.17) is 23.8 Å². The Labute approximate surface area is 186 Å². The Balaban J connectivity index is 1.79. The van der Waals surface area contributed by atoms with Crippen LogP contribution in [0.25, 0.3) is 0 Å². The van der Waals surface area contributed by atoms with Crippen LogP contribution >= 0.6 is 23.8 Å². The lowest BCUT2D eigenvalue weighted by Gasteiger charge is -2.15. The first kappa shape index (κ1) is 21.6. The summed E-state index contributed by atoms with van der Waals surface area (Å²) in [7, 11) is 0. The fraction of sp³-hybridized carbons (Fsp3) is 0.190. The number of benzene rings is 1. The molecule has 9 heteroatoms. The molecule has 3 aromatic rings. The van der Waals surface area contributed by atoms with Gasteiger partial charge in [0.15, 0.2) is 5.11 Å². The SMILES string of the molecule is Cc1cc(C)nc(NC(=NCc2cccnc2)NC(=S)Nc2cccc(C)c2Cl)n1. The zero-order valence-corrected chi connectivity index (χ0v) is 18.5. The molecule has 3 N–H and O–H groups in total. The Morgan fingerprint density at radius 2 is 1.83 bits per heavy atom. The first-order valence-corrected chi connectivity index (χ1v) is 10.0. The number of hydrogen-bond acceptors (Lipinski definition) is 5. The standard InChI is InChI=1S/C21H22ClN7S/c1-13-6-4-8-17(18(13)22)27-21(30)29-19(24-12-16-7-5-9-23-11-16)28-20-25-14(2)10-15(3)26-20/h4-11H,12H2,1-3H3,(H3,24,25,26,27,28,29,30). The van der Waals surface area contributed by atoms with E-state index >= 15 is 0 Å². The lowest BCUT2D eigenvalue weighted by molar-refractivity contribution is 1.02. The number of aryl methyl sites for hydroxylation is 3. The third-order valence-corrected chi connectivity index (χ3v) is 4.73. The number of guanidine groups is 1. The van der Waals surface area contributed by atoms with Crippen LogP contribution in [0, 0.1) is 20.8 Å². The van der Waals surface area contributed by atoms with Gasteiger partial charge in [0.2, 0.25) is 11.9 Å². The highest BCUT2D eigenvalue weighted by Crippen LogP contribution is 2.24. The average molecular weight is 440 g/mol. The summed E-state index contributed by atoms with van der Waals surface area (Å²) < 4.78 is 0. The summed E-state index contributed by atoms with van der Waals surface area (Å²) in [5, 5.41) is 10.2. The number of aliphatic imine (C=N–C) groups is 1. The minimum atomic E-state index is 0.337. The molecule has 0 bridgehead atoms. The Bertz CT molecular complexity index is 1050. The minimum absolute atomic E-state index is 0.337. The van der Waals surface area contributed by atoms with E-state index in [-0.39, 0.29) is 0 Å². The normalized spacial score (nSPS) is 11.1.